The summed E-state index contributed by atoms with van der Waals surface area (Å²) in [6.45, 7) is 6.36. The predicted octanol–water partition coefficient (Wildman–Crippen LogP) is 1.71. The molecule has 0 bridgehead atoms. The molecule has 1 aromatic rings. The molecule has 2 atom stereocenters. The molecule has 0 saturated carbocycles. The van der Waals surface area contributed by atoms with Crippen LogP contribution in [0.2, 0.25) is 0 Å². The highest BCUT2D eigenvalue weighted by atomic mass is 32.2. The fourth-order valence-corrected chi connectivity index (χ4v) is 2.41. The lowest BCUT2D eigenvalue weighted by Gasteiger charge is -2.21. The summed E-state index contributed by atoms with van der Waals surface area (Å²) in [7, 11) is 0. The third-order valence-corrected chi connectivity index (χ3v) is 4.07. The van der Waals surface area contributed by atoms with Crippen LogP contribution in [0.3, 0.4) is 0 Å². The van der Waals surface area contributed by atoms with E-state index in [-0.39, 0.29) is 11.9 Å². The summed E-state index contributed by atoms with van der Waals surface area (Å²) in [4.78, 5) is 0. The number of rotatable bonds is 7. The molecule has 2 N–H and O–H groups in total. The highest BCUT2D eigenvalue weighted by Crippen LogP contribution is 2.11. The van der Waals surface area contributed by atoms with Gasteiger partial charge < -0.3 is 15.0 Å². The first kappa shape index (κ1) is 13.6. The van der Waals surface area contributed by atoms with Crippen molar-refractivity contribution in [3.05, 3.63) is 24.0 Å². The van der Waals surface area contributed by atoms with E-state index in [0.717, 1.165) is 13.1 Å². The van der Waals surface area contributed by atoms with Gasteiger partial charge in [0.25, 0.3) is 0 Å². The van der Waals surface area contributed by atoms with Crippen LogP contribution in [0.25, 0.3) is 0 Å². The molecule has 0 aliphatic heterocycles. The molecule has 0 fully saturated rings. The molecule has 1 aromatic heterocycles. The van der Waals surface area contributed by atoms with Gasteiger partial charge in [0, 0.05) is 36.3 Å². The molecule has 0 aliphatic rings. The first-order valence-electron chi connectivity index (χ1n) is 5.74. The van der Waals surface area contributed by atoms with Crippen molar-refractivity contribution >= 4 is 11.8 Å². The zero-order valence-electron chi connectivity index (χ0n) is 10.3. The lowest BCUT2D eigenvalue weighted by atomic mass is 10.2. The van der Waals surface area contributed by atoms with Gasteiger partial charge in [-0.05, 0) is 32.2 Å². The summed E-state index contributed by atoms with van der Waals surface area (Å²) in [5, 5.41) is 12.9. The number of hydrogen-bond acceptors (Lipinski definition) is 3. The third-order valence-electron chi connectivity index (χ3n) is 2.91. The van der Waals surface area contributed by atoms with Crippen molar-refractivity contribution < 1.29 is 5.11 Å². The van der Waals surface area contributed by atoms with Crippen LogP contribution in [-0.4, -0.2) is 33.8 Å². The first-order valence-corrected chi connectivity index (χ1v) is 7.02. The summed E-state index contributed by atoms with van der Waals surface area (Å²) in [6.07, 6.45) is 4.13. The number of aromatic nitrogens is 1. The molecule has 92 valence electrons. The Morgan fingerprint density at radius 3 is 2.88 bits per heavy atom. The summed E-state index contributed by atoms with van der Waals surface area (Å²) >= 11 is 1.71. The molecule has 0 amide bonds. The summed E-state index contributed by atoms with van der Waals surface area (Å²) in [5.74, 6) is 0. The average Bonchev–Trinajstić information content (AvgIpc) is 2.75. The molecular weight excluding hydrogens is 220 g/mol. The van der Waals surface area contributed by atoms with Gasteiger partial charge in [-0.3, -0.25) is 0 Å². The monoisotopic (exact) mass is 242 g/mol. The van der Waals surface area contributed by atoms with Crippen LogP contribution in [-0.2, 0) is 13.1 Å². The van der Waals surface area contributed by atoms with Crippen LogP contribution < -0.4 is 5.32 Å². The van der Waals surface area contributed by atoms with Crippen LogP contribution in [0, 0.1) is 0 Å². The van der Waals surface area contributed by atoms with Crippen molar-refractivity contribution in [1.82, 2.24) is 9.88 Å². The van der Waals surface area contributed by atoms with Crippen molar-refractivity contribution in [3.8, 4) is 0 Å². The van der Waals surface area contributed by atoms with E-state index < -0.39 is 0 Å². The maximum Gasteiger partial charge on any atom is 0.0564 e. The van der Waals surface area contributed by atoms with Crippen LogP contribution in [0.5, 0.6) is 0 Å². The van der Waals surface area contributed by atoms with Crippen molar-refractivity contribution in [2.24, 2.45) is 0 Å². The normalized spacial score (nSPS) is 15.0. The average molecular weight is 242 g/mol. The summed E-state index contributed by atoms with van der Waals surface area (Å²) in [5.41, 5.74) is 1.30. The summed E-state index contributed by atoms with van der Waals surface area (Å²) < 4.78 is 2.23. The van der Waals surface area contributed by atoms with Crippen molar-refractivity contribution in [2.75, 3.05) is 12.9 Å². The van der Waals surface area contributed by atoms with E-state index in [4.69, 9.17) is 0 Å². The Balaban J connectivity index is 2.45. The standard InChI is InChI=1S/C12H22N2OS/c1-4-14-7-5-6-11(14)8-13-10(2)12(9-15)16-3/h5-7,10,12-13,15H,4,8-9H2,1-3H3. The van der Waals surface area contributed by atoms with E-state index in [2.05, 4.69) is 42.1 Å². The van der Waals surface area contributed by atoms with Gasteiger partial charge in [0.1, 0.15) is 0 Å². The Kier molecular flexibility index (Phi) is 5.95. The summed E-state index contributed by atoms with van der Waals surface area (Å²) in [6, 6.07) is 4.53. The highest BCUT2D eigenvalue weighted by Gasteiger charge is 2.14. The zero-order chi connectivity index (χ0) is 12.0. The van der Waals surface area contributed by atoms with E-state index >= 15 is 0 Å². The molecule has 4 heteroatoms. The van der Waals surface area contributed by atoms with Gasteiger partial charge in [-0.25, -0.2) is 0 Å². The molecular formula is C12H22N2OS. The maximum absolute atomic E-state index is 9.19. The molecule has 2 unspecified atom stereocenters. The minimum Gasteiger partial charge on any atom is -0.395 e. The van der Waals surface area contributed by atoms with Crippen LogP contribution in [0.15, 0.2) is 18.3 Å². The maximum atomic E-state index is 9.19. The van der Waals surface area contributed by atoms with E-state index in [1.165, 1.54) is 5.69 Å². The minimum atomic E-state index is 0.226. The molecule has 3 nitrogen and oxygen atoms in total. The van der Waals surface area contributed by atoms with E-state index in [1.807, 2.05) is 6.26 Å². The van der Waals surface area contributed by atoms with Crippen LogP contribution >= 0.6 is 11.8 Å². The molecule has 0 aliphatic carbocycles. The number of nitrogens with one attached hydrogen (secondary N) is 1. The molecule has 1 heterocycles. The number of hydrogen-bond donors (Lipinski definition) is 2. The van der Waals surface area contributed by atoms with Crippen molar-refractivity contribution in [3.63, 3.8) is 0 Å². The molecule has 16 heavy (non-hydrogen) atoms. The number of aliphatic hydroxyl groups is 1. The second-order valence-corrected chi connectivity index (χ2v) is 4.99. The Bertz CT molecular complexity index is 297. The molecule has 0 saturated heterocycles. The van der Waals surface area contributed by atoms with E-state index in [0.29, 0.717) is 6.04 Å². The van der Waals surface area contributed by atoms with Gasteiger partial charge in [0.15, 0.2) is 0 Å². The Morgan fingerprint density at radius 2 is 2.31 bits per heavy atom. The largest absolute Gasteiger partial charge is 0.395 e. The lowest BCUT2D eigenvalue weighted by molar-refractivity contribution is 0.275. The fourth-order valence-electron chi connectivity index (χ4n) is 1.75. The predicted molar refractivity (Wildman–Crippen MR) is 70.8 cm³/mol. The minimum absolute atomic E-state index is 0.226. The van der Waals surface area contributed by atoms with Gasteiger partial charge >= 0.3 is 0 Å². The number of nitrogens with zero attached hydrogens (tertiary/aromatic N) is 1. The fraction of sp³-hybridized carbons (Fsp3) is 0.667. The SMILES string of the molecule is CCn1cccc1CNC(C)C(CO)SC. The lowest BCUT2D eigenvalue weighted by Crippen LogP contribution is -2.37. The molecule has 0 radical (unpaired) electrons. The Labute approximate surface area is 102 Å². The highest BCUT2D eigenvalue weighted by molar-refractivity contribution is 7.99. The zero-order valence-corrected chi connectivity index (χ0v) is 11.1. The van der Waals surface area contributed by atoms with Crippen molar-refractivity contribution in [1.29, 1.82) is 0 Å². The number of aryl methyl sites for hydroxylation is 1. The Morgan fingerprint density at radius 1 is 1.56 bits per heavy atom. The van der Waals surface area contributed by atoms with Gasteiger partial charge in [-0.2, -0.15) is 11.8 Å². The number of aliphatic hydroxyl groups excluding tert-OH is 1. The Hall–Kier alpha value is -0.450. The second kappa shape index (κ2) is 6.99. The van der Waals surface area contributed by atoms with Gasteiger partial charge in [-0.1, -0.05) is 0 Å². The number of thioether (sulfide) groups is 1. The second-order valence-electron chi connectivity index (χ2n) is 3.91. The van der Waals surface area contributed by atoms with E-state index in [1.54, 1.807) is 11.8 Å². The van der Waals surface area contributed by atoms with Gasteiger partial charge in [0.05, 0.1) is 6.61 Å². The van der Waals surface area contributed by atoms with Crippen LogP contribution in [0.4, 0.5) is 0 Å². The smallest absolute Gasteiger partial charge is 0.0564 e. The third kappa shape index (κ3) is 3.54. The topological polar surface area (TPSA) is 37.2 Å². The quantitative estimate of drug-likeness (QED) is 0.764. The molecule has 1 rings (SSSR count). The van der Waals surface area contributed by atoms with E-state index in [9.17, 15) is 5.11 Å². The molecule has 0 aromatic carbocycles. The molecule has 0 spiro atoms. The van der Waals surface area contributed by atoms with Gasteiger partial charge in [-0.15, -0.1) is 0 Å². The first-order chi connectivity index (χ1) is 7.72. The van der Waals surface area contributed by atoms with Gasteiger partial charge in [0.2, 0.25) is 0 Å². The van der Waals surface area contributed by atoms with Crippen molar-refractivity contribution in [2.45, 2.75) is 38.2 Å². The van der Waals surface area contributed by atoms with Crippen LogP contribution in [0.1, 0.15) is 19.5 Å².